The highest BCUT2D eigenvalue weighted by Crippen LogP contribution is 2.37. The van der Waals surface area contributed by atoms with Crippen molar-refractivity contribution in [1.29, 1.82) is 0 Å². The van der Waals surface area contributed by atoms with Crippen molar-refractivity contribution in [3.05, 3.63) is 87.9 Å². The number of nitrogens with zero attached hydrogens (tertiary/aromatic N) is 3. The van der Waals surface area contributed by atoms with Gasteiger partial charge in [0.2, 0.25) is 0 Å². The summed E-state index contributed by atoms with van der Waals surface area (Å²) in [5.74, 6) is 0.491. The maximum atomic E-state index is 12.9. The molecule has 0 fully saturated rings. The highest BCUT2D eigenvalue weighted by atomic mass is 79.9. The van der Waals surface area contributed by atoms with Gasteiger partial charge in [0.05, 0.1) is 37.2 Å². The van der Waals surface area contributed by atoms with Crippen molar-refractivity contribution in [2.45, 2.75) is 12.5 Å². The highest BCUT2D eigenvalue weighted by Gasteiger charge is 2.39. The minimum Gasteiger partial charge on any atom is -0.497 e. The van der Waals surface area contributed by atoms with E-state index < -0.39 is 11.7 Å². The van der Waals surface area contributed by atoms with Gasteiger partial charge in [0.25, 0.3) is 5.78 Å². The van der Waals surface area contributed by atoms with E-state index in [1.54, 1.807) is 26.4 Å². The van der Waals surface area contributed by atoms with E-state index in [-0.39, 0.29) is 12.7 Å². The van der Waals surface area contributed by atoms with E-state index in [0.29, 0.717) is 17.7 Å². The molecule has 2 aliphatic rings. The fourth-order valence-corrected chi connectivity index (χ4v) is 4.68. The molecule has 0 saturated carbocycles. The molecule has 172 valence electrons. The lowest BCUT2D eigenvalue weighted by Gasteiger charge is -2.28. The third-order valence-corrected chi connectivity index (χ3v) is 6.63. The third-order valence-electron chi connectivity index (χ3n) is 6.14. The molecular formula is C26H22BrN3O4. The second kappa shape index (κ2) is 8.95. The molecule has 0 saturated heterocycles. The smallest absolute Gasteiger partial charge is 0.301 e. The van der Waals surface area contributed by atoms with E-state index >= 15 is 0 Å². The number of ketones is 1. The Kier molecular flexibility index (Phi) is 5.83. The largest absolute Gasteiger partial charge is 0.497 e. The molecule has 0 N–H and O–H groups in total. The van der Waals surface area contributed by atoms with Crippen LogP contribution < -0.4 is 14.4 Å². The summed E-state index contributed by atoms with van der Waals surface area (Å²) >= 11 is 3.38. The van der Waals surface area contributed by atoms with Gasteiger partial charge in [0, 0.05) is 10.9 Å². The third kappa shape index (κ3) is 3.94. The Balaban J connectivity index is 1.50. The zero-order chi connectivity index (χ0) is 23.8. The number of carbonyl (C=O) groups is 2. The molecule has 5 rings (SSSR count). The van der Waals surface area contributed by atoms with Crippen LogP contribution in [0.4, 0.5) is 5.69 Å². The summed E-state index contributed by atoms with van der Waals surface area (Å²) in [6.07, 6.45) is 0.655. The summed E-state index contributed by atoms with van der Waals surface area (Å²) in [5, 5.41) is 6.77. The molecule has 0 aromatic heterocycles. The Morgan fingerprint density at radius 1 is 0.941 bits per heavy atom. The van der Waals surface area contributed by atoms with Crippen molar-refractivity contribution in [3.8, 4) is 11.5 Å². The Hall–Kier alpha value is -3.65. The molecule has 1 atom stereocenters. The Morgan fingerprint density at radius 3 is 2.24 bits per heavy atom. The molecule has 0 aliphatic carbocycles. The Morgan fingerprint density at radius 2 is 1.59 bits per heavy atom. The van der Waals surface area contributed by atoms with Crippen molar-refractivity contribution in [2.75, 3.05) is 25.8 Å². The van der Waals surface area contributed by atoms with Crippen LogP contribution in [0.15, 0.2) is 76.3 Å². The predicted molar refractivity (Wildman–Crippen MR) is 133 cm³/mol. The van der Waals surface area contributed by atoms with Crippen LogP contribution in [0.2, 0.25) is 0 Å². The van der Waals surface area contributed by atoms with Gasteiger partial charge in [-0.1, -0.05) is 28.1 Å². The fourth-order valence-electron chi connectivity index (χ4n) is 4.32. The summed E-state index contributed by atoms with van der Waals surface area (Å²) in [7, 11) is 3.27. The van der Waals surface area contributed by atoms with Crippen LogP contribution in [-0.2, 0) is 4.79 Å². The molecule has 2 aliphatic heterocycles. The van der Waals surface area contributed by atoms with Gasteiger partial charge >= 0.3 is 5.91 Å². The molecule has 3 aromatic carbocycles. The molecule has 7 nitrogen and oxygen atoms in total. The number of hydrazone groups is 1. The average molecular weight is 520 g/mol. The Labute approximate surface area is 205 Å². The zero-order valence-electron chi connectivity index (χ0n) is 18.7. The van der Waals surface area contributed by atoms with E-state index in [2.05, 4.69) is 15.9 Å². The van der Waals surface area contributed by atoms with E-state index in [0.717, 1.165) is 32.8 Å². The zero-order valence-corrected chi connectivity index (χ0v) is 20.3. The fraction of sp³-hybridized carbons (Fsp3) is 0.192. The number of amides is 1. The lowest BCUT2D eigenvalue weighted by Crippen LogP contribution is -2.39. The van der Waals surface area contributed by atoms with Crippen molar-refractivity contribution in [2.24, 2.45) is 5.10 Å². The molecule has 34 heavy (non-hydrogen) atoms. The minimum atomic E-state index is -0.547. The second-order valence-corrected chi connectivity index (χ2v) is 8.99. The number of methoxy groups -OCH3 is 2. The molecule has 2 heterocycles. The first-order valence-corrected chi connectivity index (χ1v) is 11.6. The van der Waals surface area contributed by atoms with Crippen LogP contribution >= 0.6 is 15.9 Å². The molecule has 0 radical (unpaired) electrons. The van der Waals surface area contributed by atoms with Gasteiger partial charge in [-0.2, -0.15) is 5.10 Å². The first-order chi connectivity index (χ1) is 16.5. The highest BCUT2D eigenvalue weighted by molar-refractivity contribution is 9.10. The average Bonchev–Trinajstić information content (AvgIpc) is 3.39. The lowest BCUT2D eigenvalue weighted by atomic mass is 9.98. The number of benzene rings is 3. The maximum Gasteiger partial charge on any atom is 0.301 e. The number of Topliss-reactive ketones (excluding diaryl/α,β-unsaturated/α-hetero) is 1. The van der Waals surface area contributed by atoms with E-state index in [1.807, 2.05) is 59.6 Å². The summed E-state index contributed by atoms with van der Waals surface area (Å²) in [6, 6.07) is 20.8. The van der Waals surface area contributed by atoms with Gasteiger partial charge in [-0.3, -0.25) is 19.5 Å². The van der Waals surface area contributed by atoms with Crippen molar-refractivity contribution >= 4 is 39.0 Å². The quantitative estimate of drug-likeness (QED) is 0.437. The topological polar surface area (TPSA) is 71.4 Å². The maximum absolute atomic E-state index is 12.9. The summed E-state index contributed by atoms with van der Waals surface area (Å²) in [5.41, 5.74) is 3.92. The van der Waals surface area contributed by atoms with Crippen molar-refractivity contribution < 1.29 is 19.1 Å². The van der Waals surface area contributed by atoms with E-state index in [1.165, 1.54) is 4.90 Å². The van der Waals surface area contributed by atoms with Gasteiger partial charge in [-0.25, -0.2) is 0 Å². The van der Waals surface area contributed by atoms with Crippen LogP contribution in [0.25, 0.3) is 0 Å². The molecule has 1 unspecified atom stereocenters. The van der Waals surface area contributed by atoms with Crippen molar-refractivity contribution in [3.63, 3.8) is 0 Å². The summed E-state index contributed by atoms with van der Waals surface area (Å²) < 4.78 is 11.3. The molecule has 8 heteroatoms. The number of halogens is 1. The van der Waals surface area contributed by atoms with Gasteiger partial charge < -0.3 is 9.47 Å². The number of hydrogen-bond acceptors (Lipinski definition) is 6. The number of carbonyl (C=O) groups excluding carboxylic acids is 2. The van der Waals surface area contributed by atoms with Crippen LogP contribution in [0.5, 0.6) is 11.5 Å². The Bertz CT molecular complexity index is 1290. The molecule has 1 amide bonds. The number of anilines is 1. The standard InChI is InChI=1S/C26H22BrN3O4/c1-33-19-8-3-16(4-9-19)22-14-24(17-5-10-20(34-2)11-6-17)30(28-22)15-29-23-12-7-18(27)13-21(23)25(31)26(29)32/h3-13,24H,14-15H2,1-2H3. The first-order valence-electron chi connectivity index (χ1n) is 10.8. The lowest BCUT2D eigenvalue weighted by molar-refractivity contribution is -0.114. The summed E-state index contributed by atoms with van der Waals surface area (Å²) in [6.45, 7) is 0.162. The first kappa shape index (κ1) is 22.2. The van der Waals surface area contributed by atoms with Crippen LogP contribution in [0, 0.1) is 0 Å². The molecular weight excluding hydrogens is 498 g/mol. The predicted octanol–water partition coefficient (Wildman–Crippen LogP) is 4.80. The van der Waals surface area contributed by atoms with E-state index in [9.17, 15) is 9.59 Å². The van der Waals surface area contributed by atoms with Crippen LogP contribution in [0.1, 0.15) is 33.9 Å². The molecule has 3 aromatic rings. The van der Waals surface area contributed by atoms with Gasteiger partial charge in [0.15, 0.2) is 0 Å². The summed E-state index contributed by atoms with van der Waals surface area (Å²) in [4.78, 5) is 27.0. The van der Waals surface area contributed by atoms with Crippen molar-refractivity contribution in [1.82, 2.24) is 5.01 Å². The number of hydrogen-bond donors (Lipinski definition) is 0. The monoisotopic (exact) mass is 519 g/mol. The molecule has 0 bridgehead atoms. The second-order valence-electron chi connectivity index (χ2n) is 8.07. The molecule has 0 spiro atoms. The van der Waals surface area contributed by atoms with E-state index in [4.69, 9.17) is 14.6 Å². The number of rotatable bonds is 6. The van der Waals surface area contributed by atoms with Gasteiger partial charge in [-0.05, 0) is 65.7 Å². The number of ether oxygens (including phenoxy) is 2. The van der Waals surface area contributed by atoms with Gasteiger partial charge in [-0.15, -0.1) is 0 Å². The van der Waals surface area contributed by atoms with Crippen LogP contribution in [-0.4, -0.2) is 43.3 Å². The minimum absolute atomic E-state index is 0.106. The normalized spacial score (nSPS) is 17.1. The SMILES string of the molecule is COc1ccc(C2=NN(CN3C(=O)C(=O)c4cc(Br)ccc43)C(c3ccc(OC)cc3)C2)cc1. The number of fused-ring (bicyclic) bond motifs is 1. The van der Waals surface area contributed by atoms with Crippen LogP contribution in [0.3, 0.4) is 0 Å². The van der Waals surface area contributed by atoms with Gasteiger partial charge in [0.1, 0.15) is 18.2 Å².